The van der Waals surface area contributed by atoms with Crippen molar-refractivity contribution in [2.45, 2.75) is 19.9 Å². The van der Waals surface area contributed by atoms with Crippen LogP contribution in [0.1, 0.15) is 22.5 Å². The fraction of sp³-hybridized carbons (Fsp3) is 0.174. The van der Waals surface area contributed by atoms with Crippen molar-refractivity contribution in [2.75, 3.05) is 0 Å². The number of phenols is 1. The fourth-order valence-electron chi connectivity index (χ4n) is 4.00. The number of hydrogen-bond donors (Lipinski definition) is 2. The van der Waals surface area contributed by atoms with E-state index in [1.807, 2.05) is 13.0 Å². The summed E-state index contributed by atoms with van der Waals surface area (Å²) in [5.41, 5.74) is 3.16. The number of aryl methyl sites for hydroxylation is 2. The third kappa shape index (κ3) is 3.26. The molecule has 2 N–H and O–H groups in total. The van der Waals surface area contributed by atoms with Gasteiger partial charge in [0.05, 0.1) is 11.9 Å². The van der Waals surface area contributed by atoms with E-state index in [1.165, 1.54) is 12.1 Å². The van der Waals surface area contributed by atoms with E-state index in [1.54, 1.807) is 47.2 Å². The fourth-order valence-corrected chi connectivity index (χ4v) is 4.00. The molecular formula is C23H20FN5O2. The standard InChI is InChI=1S/C23H20FN5O2/c1-13-26-12-29(27-13)11-18-17-8-15(7-14-3-5-16(24)6-4-14)9-25-21(17)22(30)20-19(18)10-28(2)23(20)31/h3-6,8-10,12,30-31H,7,11H2,1-2H3. The van der Waals surface area contributed by atoms with Crippen LogP contribution in [-0.4, -0.2) is 34.5 Å². The van der Waals surface area contributed by atoms with Gasteiger partial charge in [0, 0.05) is 30.2 Å². The predicted molar refractivity (Wildman–Crippen MR) is 115 cm³/mol. The lowest BCUT2D eigenvalue weighted by molar-refractivity contribution is 0.432. The van der Waals surface area contributed by atoms with Crippen molar-refractivity contribution in [1.29, 1.82) is 0 Å². The third-order valence-electron chi connectivity index (χ3n) is 5.50. The number of fused-ring (bicyclic) bond motifs is 2. The Morgan fingerprint density at radius 2 is 1.81 bits per heavy atom. The van der Waals surface area contributed by atoms with Crippen LogP contribution in [0.3, 0.4) is 0 Å². The maximum absolute atomic E-state index is 13.2. The molecule has 0 bridgehead atoms. The minimum atomic E-state index is -0.276. The molecule has 0 saturated heterocycles. The molecular weight excluding hydrogens is 397 g/mol. The van der Waals surface area contributed by atoms with Gasteiger partial charge in [0.1, 0.15) is 23.5 Å². The molecule has 0 unspecified atom stereocenters. The van der Waals surface area contributed by atoms with Gasteiger partial charge < -0.3 is 14.8 Å². The van der Waals surface area contributed by atoms with Crippen molar-refractivity contribution >= 4 is 21.7 Å². The molecule has 2 aromatic carbocycles. The lowest BCUT2D eigenvalue weighted by atomic mass is 9.98. The molecule has 7 nitrogen and oxygen atoms in total. The van der Waals surface area contributed by atoms with Gasteiger partial charge in [0.2, 0.25) is 5.88 Å². The third-order valence-corrected chi connectivity index (χ3v) is 5.50. The quantitative estimate of drug-likeness (QED) is 0.464. The Morgan fingerprint density at radius 3 is 2.52 bits per heavy atom. The second-order valence-electron chi connectivity index (χ2n) is 7.71. The average molecular weight is 417 g/mol. The number of pyridine rings is 1. The van der Waals surface area contributed by atoms with E-state index in [0.717, 1.165) is 27.5 Å². The van der Waals surface area contributed by atoms with Gasteiger partial charge >= 0.3 is 0 Å². The zero-order chi connectivity index (χ0) is 21.7. The van der Waals surface area contributed by atoms with E-state index >= 15 is 0 Å². The molecule has 0 aliphatic carbocycles. The molecule has 5 aromatic rings. The summed E-state index contributed by atoms with van der Waals surface area (Å²) in [4.78, 5) is 8.71. The SMILES string of the molecule is Cc1ncn(Cc2c3cc(Cc4ccc(F)cc4)cnc3c(O)c3c(O)n(C)cc23)n1. The van der Waals surface area contributed by atoms with Gasteiger partial charge in [-0.2, -0.15) is 5.10 Å². The van der Waals surface area contributed by atoms with Gasteiger partial charge in [-0.05, 0) is 48.2 Å². The number of benzene rings is 2. The Bertz CT molecular complexity index is 1440. The van der Waals surface area contributed by atoms with Crippen molar-refractivity contribution in [1.82, 2.24) is 24.3 Å². The first-order chi connectivity index (χ1) is 14.9. The van der Waals surface area contributed by atoms with Gasteiger partial charge in [-0.25, -0.2) is 14.1 Å². The highest BCUT2D eigenvalue weighted by atomic mass is 19.1. The molecule has 0 amide bonds. The molecule has 0 atom stereocenters. The highest BCUT2D eigenvalue weighted by Crippen LogP contribution is 2.42. The summed E-state index contributed by atoms with van der Waals surface area (Å²) in [5.74, 6) is 0.296. The maximum atomic E-state index is 13.2. The molecule has 0 radical (unpaired) electrons. The summed E-state index contributed by atoms with van der Waals surface area (Å²) in [7, 11) is 1.72. The van der Waals surface area contributed by atoms with Crippen LogP contribution >= 0.6 is 0 Å². The van der Waals surface area contributed by atoms with E-state index in [9.17, 15) is 14.6 Å². The highest BCUT2D eigenvalue weighted by Gasteiger charge is 2.21. The topological polar surface area (TPSA) is 89.0 Å². The average Bonchev–Trinajstić information content (AvgIpc) is 3.29. The van der Waals surface area contributed by atoms with Crippen LogP contribution in [0.5, 0.6) is 11.6 Å². The van der Waals surface area contributed by atoms with Crippen LogP contribution in [0.2, 0.25) is 0 Å². The van der Waals surface area contributed by atoms with E-state index in [-0.39, 0.29) is 17.4 Å². The number of phenolic OH excluding ortho intramolecular Hbond substituents is 1. The number of rotatable bonds is 4. The minimum absolute atomic E-state index is 0.0254. The van der Waals surface area contributed by atoms with E-state index in [0.29, 0.717) is 29.7 Å². The van der Waals surface area contributed by atoms with E-state index in [2.05, 4.69) is 15.1 Å². The van der Waals surface area contributed by atoms with Crippen molar-refractivity contribution in [2.24, 2.45) is 7.05 Å². The number of halogens is 1. The van der Waals surface area contributed by atoms with Gasteiger partial charge in [0.25, 0.3) is 0 Å². The van der Waals surface area contributed by atoms with E-state index < -0.39 is 0 Å². The van der Waals surface area contributed by atoms with Crippen LogP contribution < -0.4 is 0 Å². The molecule has 31 heavy (non-hydrogen) atoms. The number of nitrogens with zero attached hydrogens (tertiary/aromatic N) is 5. The van der Waals surface area contributed by atoms with E-state index in [4.69, 9.17) is 0 Å². The summed E-state index contributed by atoms with van der Waals surface area (Å²) in [6, 6.07) is 8.34. The Labute approximate surface area is 177 Å². The molecule has 0 aliphatic rings. The monoisotopic (exact) mass is 417 g/mol. The second kappa shape index (κ2) is 7.09. The van der Waals surface area contributed by atoms with Crippen LogP contribution in [0.4, 0.5) is 4.39 Å². The van der Waals surface area contributed by atoms with Gasteiger partial charge in [0.15, 0.2) is 5.75 Å². The van der Waals surface area contributed by atoms with Crippen LogP contribution in [0, 0.1) is 12.7 Å². The van der Waals surface area contributed by atoms with Crippen molar-refractivity contribution < 1.29 is 14.6 Å². The predicted octanol–water partition coefficient (Wildman–Crippen LogP) is 3.82. The van der Waals surface area contributed by atoms with Crippen molar-refractivity contribution in [3.05, 3.63) is 77.4 Å². The number of aromatic nitrogens is 5. The number of aromatic hydroxyl groups is 2. The normalized spacial score (nSPS) is 11.6. The maximum Gasteiger partial charge on any atom is 0.202 e. The summed E-state index contributed by atoms with van der Waals surface area (Å²) in [5, 5.41) is 27.7. The summed E-state index contributed by atoms with van der Waals surface area (Å²) >= 11 is 0. The van der Waals surface area contributed by atoms with Crippen LogP contribution in [-0.2, 0) is 20.0 Å². The van der Waals surface area contributed by atoms with Gasteiger partial charge in [-0.1, -0.05) is 12.1 Å². The zero-order valence-corrected chi connectivity index (χ0v) is 17.0. The Balaban J connectivity index is 1.72. The molecule has 0 saturated carbocycles. The van der Waals surface area contributed by atoms with Crippen LogP contribution in [0.25, 0.3) is 21.7 Å². The Hall–Kier alpha value is -3.94. The lowest BCUT2D eigenvalue weighted by Crippen LogP contribution is -2.03. The molecule has 0 spiro atoms. The molecule has 156 valence electrons. The minimum Gasteiger partial charge on any atom is -0.505 e. The van der Waals surface area contributed by atoms with Crippen molar-refractivity contribution in [3.63, 3.8) is 0 Å². The Morgan fingerprint density at radius 1 is 1.03 bits per heavy atom. The summed E-state index contributed by atoms with van der Waals surface area (Å²) in [6.45, 7) is 2.22. The molecule has 0 aliphatic heterocycles. The first kappa shape index (κ1) is 19.0. The summed E-state index contributed by atoms with van der Waals surface area (Å²) < 4.78 is 16.5. The smallest absolute Gasteiger partial charge is 0.202 e. The first-order valence-corrected chi connectivity index (χ1v) is 9.81. The van der Waals surface area contributed by atoms with Crippen LogP contribution in [0.15, 0.2) is 49.1 Å². The zero-order valence-electron chi connectivity index (χ0n) is 17.0. The van der Waals surface area contributed by atoms with Gasteiger partial charge in [-0.15, -0.1) is 0 Å². The molecule has 8 heteroatoms. The molecule has 3 heterocycles. The lowest BCUT2D eigenvalue weighted by Gasteiger charge is -2.12. The number of hydrogen-bond acceptors (Lipinski definition) is 5. The Kier molecular flexibility index (Phi) is 4.35. The summed E-state index contributed by atoms with van der Waals surface area (Å²) in [6.07, 6.45) is 5.71. The molecule has 0 fully saturated rings. The van der Waals surface area contributed by atoms with Crippen molar-refractivity contribution in [3.8, 4) is 11.6 Å². The van der Waals surface area contributed by atoms with Gasteiger partial charge in [-0.3, -0.25) is 4.98 Å². The molecule has 3 aromatic heterocycles. The first-order valence-electron chi connectivity index (χ1n) is 9.81. The largest absolute Gasteiger partial charge is 0.505 e. The highest BCUT2D eigenvalue weighted by molar-refractivity contribution is 6.09. The molecule has 5 rings (SSSR count). The second-order valence-corrected chi connectivity index (χ2v) is 7.71.